The van der Waals surface area contributed by atoms with Crippen molar-refractivity contribution in [2.75, 3.05) is 5.43 Å². The summed E-state index contributed by atoms with van der Waals surface area (Å²) in [6.45, 7) is 0. The topological polar surface area (TPSA) is 64.1 Å². The van der Waals surface area contributed by atoms with Gasteiger partial charge in [0.05, 0.1) is 10.0 Å². The van der Waals surface area contributed by atoms with Crippen LogP contribution >= 0.6 is 39.1 Å². The SMILES string of the molecule is NNc1nc2c(Cl)cc(Br)c(Cl)c2o1. The van der Waals surface area contributed by atoms with Crippen molar-refractivity contribution in [2.45, 2.75) is 0 Å². The Kier molecular flexibility index (Phi) is 2.57. The van der Waals surface area contributed by atoms with Gasteiger partial charge in [-0.3, -0.25) is 5.43 Å². The molecule has 0 saturated carbocycles. The average molecular weight is 297 g/mol. The number of halogens is 3. The Hall–Kier alpha value is -0.490. The van der Waals surface area contributed by atoms with Gasteiger partial charge in [-0.05, 0) is 22.0 Å². The van der Waals surface area contributed by atoms with Gasteiger partial charge in [-0.25, -0.2) is 5.84 Å². The standard InChI is InChI=1S/C7H4BrCl2N3O/c8-2-1-3(9)5-6(4(2)10)14-7(12-5)13-11/h1H,11H2,(H,12,13). The van der Waals surface area contributed by atoms with Gasteiger partial charge < -0.3 is 4.42 Å². The molecule has 2 aromatic rings. The molecular formula is C7H4BrCl2N3O. The quantitative estimate of drug-likeness (QED) is 0.482. The molecule has 1 aromatic carbocycles. The number of nitrogens with zero attached hydrogens (tertiary/aromatic N) is 1. The molecule has 74 valence electrons. The van der Waals surface area contributed by atoms with Crippen LogP contribution in [0, 0.1) is 0 Å². The molecule has 0 fully saturated rings. The Bertz CT molecular complexity index is 499. The maximum absolute atomic E-state index is 5.96. The predicted molar refractivity (Wildman–Crippen MR) is 59.5 cm³/mol. The maximum atomic E-state index is 5.96. The number of benzene rings is 1. The second kappa shape index (κ2) is 3.58. The highest BCUT2D eigenvalue weighted by Gasteiger charge is 2.14. The van der Waals surface area contributed by atoms with Gasteiger partial charge in [0.25, 0.3) is 0 Å². The molecule has 0 spiro atoms. The molecule has 3 N–H and O–H groups in total. The Labute approximate surface area is 97.5 Å². The molecule has 0 aliphatic carbocycles. The second-order valence-electron chi connectivity index (χ2n) is 2.50. The highest BCUT2D eigenvalue weighted by molar-refractivity contribution is 9.10. The summed E-state index contributed by atoms with van der Waals surface area (Å²) < 4.78 is 5.87. The van der Waals surface area contributed by atoms with Gasteiger partial charge in [0, 0.05) is 4.47 Å². The average Bonchev–Trinajstić information content (AvgIpc) is 2.58. The van der Waals surface area contributed by atoms with E-state index in [9.17, 15) is 0 Å². The van der Waals surface area contributed by atoms with Crippen LogP contribution in [0.25, 0.3) is 11.1 Å². The Morgan fingerprint density at radius 3 is 2.86 bits per heavy atom. The summed E-state index contributed by atoms with van der Waals surface area (Å²) in [6, 6.07) is 1.82. The summed E-state index contributed by atoms with van der Waals surface area (Å²) >= 11 is 15.1. The van der Waals surface area contributed by atoms with Crippen LogP contribution in [-0.4, -0.2) is 4.98 Å². The molecule has 0 radical (unpaired) electrons. The van der Waals surface area contributed by atoms with Crippen LogP contribution in [0.1, 0.15) is 0 Å². The van der Waals surface area contributed by atoms with E-state index in [1.165, 1.54) is 0 Å². The Balaban J connectivity index is 2.84. The number of rotatable bonds is 1. The van der Waals surface area contributed by atoms with Gasteiger partial charge in [-0.1, -0.05) is 23.2 Å². The van der Waals surface area contributed by atoms with E-state index < -0.39 is 0 Å². The van der Waals surface area contributed by atoms with Crippen molar-refractivity contribution in [3.05, 3.63) is 20.6 Å². The monoisotopic (exact) mass is 295 g/mol. The number of nitrogens with two attached hydrogens (primary N) is 1. The first-order chi connectivity index (χ1) is 6.63. The van der Waals surface area contributed by atoms with Gasteiger partial charge >= 0.3 is 6.01 Å². The summed E-state index contributed by atoms with van der Waals surface area (Å²) in [5.74, 6) is 5.15. The molecule has 0 aliphatic rings. The van der Waals surface area contributed by atoms with Crippen molar-refractivity contribution in [2.24, 2.45) is 5.84 Å². The number of hydrogen-bond donors (Lipinski definition) is 2. The first kappa shape index (κ1) is 10.0. The number of aromatic nitrogens is 1. The number of nitrogen functional groups attached to an aromatic ring is 1. The first-order valence-electron chi connectivity index (χ1n) is 3.54. The van der Waals surface area contributed by atoms with E-state index in [0.29, 0.717) is 25.6 Å². The summed E-state index contributed by atoms with van der Waals surface area (Å²) in [4.78, 5) is 3.99. The summed E-state index contributed by atoms with van der Waals surface area (Å²) in [7, 11) is 0. The lowest BCUT2D eigenvalue weighted by Gasteiger charge is -1.96. The van der Waals surface area contributed by atoms with Gasteiger partial charge in [0.15, 0.2) is 5.58 Å². The minimum Gasteiger partial charge on any atom is -0.421 e. The van der Waals surface area contributed by atoms with Gasteiger partial charge in [0.1, 0.15) is 5.52 Å². The van der Waals surface area contributed by atoms with Crippen LogP contribution in [0.4, 0.5) is 6.01 Å². The molecule has 0 atom stereocenters. The minimum atomic E-state index is 0.168. The lowest BCUT2D eigenvalue weighted by Crippen LogP contribution is -2.06. The van der Waals surface area contributed by atoms with Crippen LogP contribution in [-0.2, 0) is 0 Å². The largest absolute Gasteiger partial charge is 0.421 e. The van der Waals surface area contributed by atoms with Crippen molar-refractivity contribution in [1.29, 1.82) is 0 Å². The maximum Gasteiger partial charge on any atom is 0.310 e. The fourth-order valence-electron chi connectivity index (χ4n) is 1.04. The lowest BCUT2D eigenvalue weighted by molar-refractivity contribution is 0.617. The highest BCUT2D eigenvalue weighted by atomic mass is 79.9. The molecule has 0 unspecified atom stereocenters. The molecule has 7 heteroatoms. The van der Waals surface area contributed by atoms with E-state index in [0.717, 1.165) is 0 Å². The fraction of sp³-hybridized carbons (Fsp3) is 0. The molecule has 2 rings (SSSR count). The lowest BCUT2D eigenvalue weighted by atomic mass is 10.3. The number of hydrazine groups is 1. The number of oxazole rings is 1. The third kappa shape index (κ3) is 1.46. The van der Waals surface area contributed by atoms with Gasteiger partial charge in [0.2, 0.25) is 0 Å². The number of anilines is 1. The molecule has 1 heterocycles. The van der Waals surface area contributed by atoms with Crippen LogP contribution < -0.4 is 11.3 Å². The van der Waals surface area contributed by atoms with Crippen molar-refractivity contribution >= 4 is 56.2 Å². The zero-order chi connectivity index (χ0) is 10.3. The van der Waals surface area contributed by atoms with E-state index in [1.54, 1.807) is 6.07 Å². The molecule has 1 aromatic heterocycles. The number of hydrogen-bond acceptors (Lipinski definition) is 4. The molecule has 0 amide bonds. The normalized spacial score (nSPS) is 10.9. The third-order valence-corrected chi connectivity index (χ3v) is 3.16. The molecule has 0 bridgehead atoms. The predicted octanol–water partition coefficient (Wildman–Crippen LogP) is 3.18. The van der Waals surface area contributed by atoms with E-state index in [1.807, 2.05) is 0 Å². The van der Waals surface area contributed by atoms with E-state index in [-0.39, 0.29) is 6.01 Å². The van der Waals surface area contributed by atoms with Crippen molar-refractivity contribution in [1.82, 2.24) is 4.98 Å². The third-order valence-electron chi connectivity index (χ3n) is 1.64. The van der Waals surface area contributed by atoms with Crippen molar-refractivity contribution in [3.63, 3.8) is 0 Å². The molecular weight excluding hydrogens is 293 g/mol. The van der Waals surface area contributed by atoms with Crippen molar-refractivity contribution in [3.8, 4) is 0 Å². The van der Waals surface area contributed by atoms with E-state index >= 15 is 0 Å². The Morgan fingerprint density at radius 2 is 2.21 bits per heavy atom. The zero-order valence-corrected chi connectivity index (χ0v) is 9.74. The van der Waals surface area contributed by atoms with Crippen LogP contribution in [0.2, 0.25) is 10.0 Å². The number of fused-ring (bicyclic) bond motifs is 1. The van der Waals surface area contributed by atoms with Crippen LogP contribution in [0.5, 0.6) is 0 Å². The molecule has 0 aliphatic heterocycles. The van der Waals surface area contributed by atoms with E-state index in [4.69, 9.17) is 33.5 Å². The fourth-order valence-corrected chi connectivity index (χ4v) is 2.00. The highest BCUT2D eigenvalue weighted by Crippen LogP contribution is 2.36. The zero-order valence-electron chi connectivity index (χ0n) is 6.64. The number of nitrogens with one attached hydrogen (secondary N) is 1. The van der Waals surface area contributed by atoms with Gasteiger partial charge in [-0.2, -0.15) is 4.98 Å². The molecule has 0 saturated heterocycles. The first-order valence-corrected chi connectivity index (χ1v) is 5.09. The van der Waals surface area contributed by atoms with Crippen molar-refractivity contribution < 1.29 is 4.42 Å². The van der Waals surface area contributed by atoms with Gasteiger partial charge in [-0.15, -0.1) is 0 Å². The summed E-state index contributed by atoms with van der Waals surface area (Å²) in [6.07, 6.45) is 0. The van der Waals surface area contributed by atoms with E-state index in [2.05, 4.69) is 26.3 Å². The molecule has 4 nitrogen and oxygen atoms in total. The minimum absolute atomic E-state index is 0.168. The smallest absolute Gasteiger partial charge is 0.310 e. The Morgan fingerprint density at radius 1 is 1.50 bits per heavy atom. The second-order valence-corrected chi connectivity index (χ2v) is 4.13. The summed E-state index contributed by atoms with van der Waals surface area (Å²) in [5.41, 5.74) is 3.16. The summed E-state index contributed by atoms with van der Waals surface area (Å²) in [5, 5.41) is 0.861. The molecule has 14 heavy (non-hydrogen) atoms. The van der Waals surface area contributed by atoms with Crippen LogP contribution in [0.15, 0.2) is 15.0 Å². The van der Waals surface area contributed by atoms with Crippen LogP contribution in [0.3, 0.4) is 0 Å².